The van der Waals surface area contributed by atoms with Crippen LogP contribution in [0.4, 0.5) is 0 Å². The molecule has 0 spiro atoms. The van der Waals surface area contributed by atoms with E-state index in [1.54, 1.807) is 0 Å². The van der Waals surface area contributed by atoms with Gasteiger partial charge in [0.25, 0.3) is 0 Å². The van der Waals surface area contributed by atoms with Gasteiger partial charge in [0, 0.05) is 17.3 Å². The molecule has 0 saturated carbocycles. The van der Waals surface area contributed by atoms with E-state index in [9.17, 15) is 14.8 Å². The average Bonchev–Trinajstić information content (AvgIpc) is 3.44. The summed E-state index contributed by atoms with van der Waals surface area (Å²) in [6.45, 7) is -0.595. The fourth-order valence-electron chi connectivity index (χ4n) is 3.71. The maximum absolute atomic E-state index is 10.9. The molecule has 1 fully saturated rings. The van der Waals surface area contributed by atoms with E-state index in [0.29, 0.717) is 16.9 Å². The third kappa shape index (κ3) is 3.64. The normalized spacial score (nSPS) is 24.4. The van der Waals surface area contributed by atoms with Crippen molar-refractivity contribution in [1.82, 2.24) is 24.5 Å². The first-order chi connectivity index (χ1) is 14.8. The van der Waals surface area contributed by atoms with Gasteiger partial charge in [-0.15, -0.1) is 0 Å². The largest absolute Gasteiger partial charge is 0.469 e. The lowest BCUT2D eigenvalue weighted by atomic mass is 10.1. The Bertz CT molecular complexity index is 1300. The highest BCUT2D eigenvalue weighted by molar-refractivity contribution is 7.46. The van der Waals surface area contributed by atoms with E-state index in [2.05, 4.69) is 24.5 Å². The van der Waals surface area contributed by atoms with Crippen molar-refractivity contribution < 1.29 is 33.8 Å². The van der Waals surface area contributed by atoms with Gasteiger partial charge in [-0.3, -0.25) is 9.09 Å². The molecule has 5 rings (SSSR count). The van der Waals surface area contributed by atoms with E-state index in [-0.39, 0.29) is 0 Å². The number of benzene rings is 1. The van der Waals surface area contributed by atoms with Gasteiger partial charge in [-0.25, -0.2) is 19.5 Å². The van der Waals surface area contributed by atoms with Crippen molar-refractivity contribution >= 4 is 29.9 Å². The monoisotopic (exact) mass is 447 g/mol. The summed E-state index contributed by atoms with van der Waals surface area (Å²) in [7, 11) is -4.75. The number of fused-ring (bicyclic) bond motifs is 2. The third-order valence-electron chi connectivity index (χ3n) is 5.21. The summed E-state index contributed by atoms with van der Waals surface area (Å²) < 4.78 is 22.4. The van der Waals surface area contributed by atoms with Crippen molar-refractivity contribution in [2.24, 2.45) is 0 Å². The summed E-state index contributed by atoms with van der Waals surface area (Å²) in [5.41, 5.74) is 3.16. The zero-order valence-electron chi connectivity index (χ0n) is 15.8. The van der Waals surface area contributed by atoms with Gasteiger partial charge in [0.15, 0.2) is 11.9 Å². The van der Waals surface area contributed by atoms with Gasteiger partial charge in [0.05, 0.1) is 12.9 Å². The number of H-pyrrole nitrogens is 1. The fraction of sp³-hybridized carbons (Fsp3) is 0.278. The number of aliphatic hydroxyl groups is 2. The minimum Gasteiger partial charge on any atom is -0.387 e. The smallest absolute Gasteiger partial charge is 0.387 e. The Morgan fingerprint density at radius 1 is 1.16 bits per heavy atom. The Morgan fingerprint density at radius 3 is 2.81 bits per heavy atom. The number of rotatable bonds is 5. The molecule has 4 aromatic rings. The topological polar surface area (TPSA) is 176 Å². The molecule has 0 bridgehead atoms. The number of nitrogens with zero attached hydrogens (tertiary/aromatic N) is 4. The Kier molecular flexibility index (Phi) is 4.87. The number of phosphoric acid groups is 1. The fourth-order valence-corrected chi connectivity index (χ4v) is 4.05. The Labute approximate surface area is 174 Å². The number of hydrogen-bond acceptors (Lipinski definition) is 8. The standard InChI is InChI=1S/C18H18N5O7P/c24-15-12(6-29-31(26,27)28)30-18(16(15)25)23-8-22-14-13(20-7-21-17(14)23)10-2-1-9-3-4-19-11(9)5-10/h1-5,7-8,12,15-16,18-19,24-25H,6H2,(H2,26,27,28)/t12-,15-,16-,18-/m1/s1. The molecule has 3 aromatic heterocycles. The number of nitrogens with one attached hydrogen (secondary N) is 1. The Balaban J connectivity index is 1.49. The van der Waals surface area contributed by atoms with E-state index in [4.69, 9.17) is 14.5 Å². The molecule has 13 heteroatoms. The molecule has 1 saturated heterocycles. The van der Waals surface area contributed by atoms with Crippen LogP contribution in [-0.2, 0) is 13.8 Å². The van der Waals surface area contributed by atoms with Crippen molar-refractivity contribution in [2.75, 3.05) is 6.61 Å². The van der Waals surface area contributed by atoms with E-state index in [1.165, 1.54) is 17.2 Å². The number of ether oxygens (including phenoxy) is 1. The zero-order chi connectivity index (χ0) is 21.8. The number of aromatic nitrogens is 5. The number of hydrogen-bond donors (Lipinski definition) is 5. The second-order valence-corrected chi connectivity index (χ2v) is 8.40. The van der Waals surface area contributed by atoms with Crippen molar-refractivity contribution in [3.05, 3.63) is 43.1 Å². The average molecular weight is 447 g/mol. The van der Waals surface area contributed by atoms with Crippen molar-refractivity contribution in [3.8, 4) is 11.3 Å². The van der Waals surface area contributed by atoms with Crippen LogP contribution >= 0.6 is 7.82 Å². The van der Waals surface area contributed by atoms with E-state index >= 15 is 0 Å². The van der Waals surface area contributed by atoms with Gasteiger partial charge in [-0.2, -0.15) is 0 Å². The van der Waals surface area contributed by atoms with Crippen LogP contribution in [0, 0.1) is 0 Å². The maximum atomic E-state index is 10.9. The number of aliphatic hydroxyl groups excluding tert-OH is 2. The molecule has 4 heterocycles. The second-order valence-electron chi connectivity index (χ2n) is 7.16. The molecule has 31 heavy (non-hydrogen) atoms. The summed E-state index contributed by atoms with van der Waals surface area (Å²) in [5, 5.41) is 21.7. The summed E-state index contributed by atoms with van der Waals surface area (Å²) in [6, 6.07) is 7.77. The maximum Gasteiger partial charge on any atom is 0.469 e. The summed E-state index contributed by atoms with van der Waals surface area (Å²) in [6.07, 6.45) is -0.443. The molecule has 162 valence electrons. The zero-order valence-corrected chi connectivity index (χ0v) is 16.7. The number of imidazole rings is 1. The highest BCUT2D eigenvalue weighted by Crippen LogP contribution is 2.39. The Hall–Kier alpha value is -2.70. The molecule has 0 aliphatic carbocycles. The first-order valence-corrected chi connectivity index (χ1v) is 10.8. The van der Waals surface area contributed by atoms with Gasteiger partial charge in [0.1, 0.15) is 35.8 Å². The molecule has 0 amide bonds. The second kappa shape index (κ2) is 7.46. The van der Waals surface area contributed by atoms with Crippen molar-refractivity contribution in [3.63, 3.8) is 0 Å². The van der Waals surface area contributed by atoms with E-state index < -0.39 is 39.0 Å². The quantitative estimate of drug-likeness (QED) is 0.274. The summed E-state index contributed by atoms with van der Waals surface area (Å²) in [4.78, 5) is 33.9. The first kappa shape index (κ1) is 20.2. The lowest BCUT2D eigenvalue weighted by molar-refractivity contribution is -0.0504. The molecule has 0 radical (unpaired) electrons. The first-order valence-electron chi connectivity index (χ1n) is 9.28. The molecule has 12 nitrogen and oxygen atoms in total. The van der Waals surface area contributed by atoms with Gasteiger partial charge in [0.2, 0.25) is 0 Å². The number of phosphoric ester groups is 1. The van der Waals surface area contributed by atoms with Crippen LogP contribution in [0.25, 0.3) is 33.3 Å². The highest BCUT2D eigenvalue weighted by atomic mass is 31.2. The molecule has 0 unspecified atom stereocenters. The summed E-state index contributed by atoms with van der Waals surface area (Å²) in [5.74, 6) is 0. The van der Waals surface area contributed by atoms with Crippen LogP contribution in [-0.4, -0.2) is 69.4 Å². The predicted octanol–water partition coefficient (Wildman–Crippen LogP) is 0.703. The van der Waals surface area contributed by atoms with Gasteiger partial charge in [-0.1, -0.05) is 12.1 Å². The Morgan fingerprint density at radius 2 is 2.00 bits per heavy atom. The minimum atomic E-state index is -4.75. The predicted molar refractivity (Wildman–Crippen MR) is 107 cm³/mol. The van der Waals surface area contributed by atoms with Crippen LogP contribution in [0.2, 0.25) is 0 Å². The lowest BCUT2D eigenvalue weighted by Crippen LogP contribution is -2.33. The lowest BCUT2D eigenvalue weighted by Gasteiger charge is -2.16. The van der Waals surface area contributed by atoms with Gasteiger partial charge < -0.3 is 29.7 Å². The van der Waals surface area contributed by atoms with Gasteiger partial charge in [-0.05, 0) is 17.5 Å². The molecule has 1 aromatic carbocycles. The molecule has 4 atom stereocenters. The van der Waals surface area contributed by atoms with Crippen molar-refractivity contribution in [1.29, 1.82) is 0 Å². The number of aromatic amines is 1. The molecular formula is C18H18N5O7P. The highest BCUT2D eigenvalue weighted by Gasteiger charge is 2.45. The van der Waals surface area contributed by atoms with E-state index in [0.717, 1.165) is 16.5 Å². The van der Waals surface area contributed by atoms with Crippen molar-refractivity contribution in [2.45, 2.75) is 24.5 Å². The van der Waals surface area contributed by atoms with Crippen LogP contribution < -0.4 is 0 Å². The van der Waals surface area contributed by atoms with Crippen LogP contribution in [0.15, 0.2) is 43.1 Å². The molecular weight excluding hydrogens is 429 g/mol. The van der Waals surface area contributed by atoms with Crippen LogP contribution in [0.3, 0.4) is 0 Å². The van der Waals surface area contributed by atoms with Gasteiger partial charge >= 0.3 is 7.82 Å². The van der Waals surface area contributed by atoms with E-state index in [1.807, 2.05) is 30.5 Å². The molecule has 1 aliphatic rings. The SMILES string of the molecule is O=P(O)(O)OC[C@H]1O[C@@H](n2cnc3c(-c4ccc5cc[nH]c5c4)ncnc32)[C@H](O)[C@@H]1O. The molecule has 5 N–H and O–H groups in total. The minimum absolute atomic E-state index is 0.365. The molecule has 1 aliphatic heterocycles. The van der Waals surface area contributed by atoms with Crippen LogP contribution in [0.5, 0.6) is 0 Å². The summed E-state index contributed by atoms with van der Waals surface area (Å²) >= 11 is 0. The van der Waals surface area contributed by atoms with Crippen LogP contribution in [0.1, 0.15) is 6.23 Å². The third-order valence-corrected chi connectivity index (χ3v) is 5.69.